The molecule has 0 aromatic carbocycles. The van der Waals surface area contributed by atoms with Crippen molar-refractivity contribution in [2.45, 2.75) is 0 Å². The molecule has 4 nitrogen and oxygen atoms in total. The third-order valence-electron chi connectivity index (χ3n) is 1.11. The molecule has 0 aliphatic heterocycles. The molecule has 12 heavy (non-hydrogen) atoms. The molecule has 0 fully saturated rings. The van der Waals surface area contributed by atoms with Crippen molar-refractivity contribution in [2.75, 3.05) is 13.7 Å². The van der Waals surface area contributed by atoms with Crippen molar-refractivity contribution in [3.63, 3.8) is 0 Å². The first-order chi connectivity index (χ1) is 5.61. The van der Waals surface area contributed by atoms with Gasteiger partial charge < -0.3 is 15.9 Å². The molecule has 0 heterocycles. The number of ether oxygens (including phenoxy) is 1. The summed E-state index contributed by atoms with van der Waals surface area (Å²) in [5.74, 6) is 0.255. The molecule has 66 valence electrons. The van der Waals surface area contributed by atoms with Gasteiger partial charge in [-0.25, -0.2) is 4.99 Å². The topological polar surface area (TPSA) is 71.5 Å². The second-order valence-corrected chi connectivity index (χ2v) is 2.17. The van der Waals surface area contributed by atoms with E-state index in [1.54, 1.807) is 7.11 Å². The second-order valence-electron chi connectivity index (χ2n) is 2.17. The number of nitrogens with one attached hydrogen (secondary N) is 1. The van der Waals surface area contributed by atoms with Gasteiger partial charge >= 0.3 is 0 Å². The zero-order valence-corrected chi connectivity index (χ0v) is 7.13. The lowest BCUT2D eigenvalue weighted by Gasteiger charge is -2.02. The number of hydrogen-bond donors (Lipinski definition) is 2. The molecule has 0 amide bonds. The van der Waals surface area contributed by atoms with Gasteiger partial charge in [0.2, 0.25) is 0 Å². The average Bonchev–Trinajstić information content (AvgIpc) is 2.04. The quantitative estimate of drug-likeness (QED) is 0.467. The van der Waals surface area contributed by atoms with E-state index < -0.39 is 0 Å². The van der Waals surface area contributed by atoms with Crippen molar-refractivity contribution in [1.82, 2.24) is 0 Å². The molecule has 3 N–H and O–H groups in total. The first kappa shape index (κ1) is 10.6. The molecule has 0 saturated carbocycles. The van der Waals surface area contributed by atoms with Crippen LogP contribution in [0.25, 0.3) is 0 Å². The van der Waals surface area contributed by atoms with Gasteiger partial charge in [-0.3, -0.25) is 0 Å². The summed E-state index contributed by atoms with van der Waals surface area (Å²) in [6, 6.07) is 0. The SMILES string of the molecule is C=C(C=N)/N=C(/N)C(=C)COC. The Morgan fingerprint density at radius 3 is 2.67 bits per heavy atom. The van der Waals surface area contributed by atoms with E-state index in [4.69, 9.17) is 15.9 Å². The van der Waals surface area contributed by atoms with E-state index in [1.807, 2.05) is 0 Å². The summed E-state index contributed by atoms with van der Waals surface area (Å²) in [7, 11) is 1.55. The van der Waals surface area contributed by atoms with E-state index in [1.165, 1.54) is 0 Å². The molecule has 4 heteroatoms. The summed E-state index contributed by atoms with van der Waals surface area (Å²) in [5.41, 5.74) is 6.37. The predicted molar refractivity (Wildman–Crippen MR) is 50.6 cm³/mol. The Hall–Kier alpha value is -1.42. The summed E-state index contributed by atoms with van der Waals surface area (Å²) in [4.78, 5) is 3.79. The van der Waals surface area contributed by atoms with E-state index in [0.717, 1.165) is 6.21 Å². The van der Waals surface area contributed by atoms with Crippen molar-refractivity contribution in [2.24, 2.45) is 10.7 Å². The van der Waals surface area contributed by atoms with Gasteiger partial charge in [-0.05, 0) is 0 Å². The predicted octanol–water partition coefficient (Wildman–Crippen LogP) is 0.709. The minimum atomic E-state index is 0.255. The van der Waals surface area contributed by atoms with Gasteiger partial charge in [0.25, 0.3) is 0 Å². The minimum absolute atomic E-state index is 0.255. The molecule has 0 radical (unpaired) electrons. The van der Waals surface area contributed by atoms with E-state index in [9.17, 15) is 0 Å². The summed E-state index contributed by atoms with van der Waals surface area (Å²) < 4.78 is 4.79. The number of amidine groups is 1. The highest BCUT2D eigenvalue weighted by atomic mass is 16.5. The Labute approximate surface area is 71.9 Å². The van der Waals surface area contributed by atoms with Gasteiger partial charge in [0, 0.05) is 18.9 Å². The Morgan fingerprint density at radius 1 is 1.67 bits per heavy atom. The first-order valence-corrected chi connectivity index (χ1v) is 3.32. The van der Waals surface area contributed by atoms with Crippen molar-refractivity contribution in [1.29, 1.82) is 5.41 Å². The van der Waals surface area contributed by atoms with E-state index in [0.29, 0.717) is 17.9 Å². The zero-order valence-electron chi connectivity index (χ0n) is 7.13. The molecule has 0 rings (SSSR count). The lowest BCUT2D eigenvalue weighted by atomic mass is 10.3. The Bertz CT molecular complexity index is 230. The van der Waals surface area contributed by atoms with E-state index >= 15 is 0 Å². The monoisotopic (exact) mass is 167 g/mol. The third-order valence-corrected chi connectivity index (χ3v) is 1.11. The number of rotatable bonds is 5. The summed E-state index contributed by atoms with van der Waals surface area (Å²) in [5, 5.41) is 6.80. The highest BCUT2D eigenvalue weighted by Crippen LogP contribution is 1.94. The highest BCUT2D eigenvalue weighted by molar-refractivity contribution is 5.99. The average molecular weight is 167 g/mol. The Kier molecular flexibility index (Phi) is 4.64. The number of hydrogen-bond acceptors (Lipinski definition) is 3. The van der Waals surface area contributed by atoms with E-state index in [2.05, 4.69) is 18.2 Å². The zero-order chi connectivity index (χ0) is 9.56. The lowest BCUT2D eigenvalue weighted by Crippen LogP contribution is -2.17. The molecule has 0 unspecified atom stereocenters. The molecular weight excluding hydrogens is 154 g/mol. The summed E-state index contributed by atoms with van der Waals surface area (Å²) in [6.45, 7) is 7.43. The van der Waals surface area contributed by atoms with Crippen molar-refractivity contribution < 1.29 is 4.74 Å². The van der Waals surface area contributed by atoms with Crippen LogP contribution in [0.4, 0.5) is 0 Å². The number of methoxy groups -OCH3 is 1. The van der Waals surface area contributed by atoms with Gasteiger partial charge in [-0.15, -0.1) is 0 Å². The van der Waals surface area contributed by atoms with Crippen LogP contribution < -0.4 is 5.73 Å². The van der Waals surface area contributed by atoms with Crippen LogP contribution in [0.2, 0.25) is 0 Å². The van der Waals surface area contributed by atoms with Gasteiger partial charge in [0.1, 0.15) is 5.84 Å². The van der Waals surface area contributed by atoms with Gasteiger partial charge in [-0.2, -0.15) is 0 Å². The standard InChI is InChI=1S/C8H13N3O/c1-6(5-12-3)8(10)11-7(2)4-9/h4,9H,1-2,5H2,3H3,(H2,10,11). The number of aliphatic imine (C=N–C) groups is 1. The lowest BCUT2D eigenvalue weighted by molar-refractivity contribution is 0.230. The highest BCUT2D eigenvalue weighted by Gasteiger charge is 1.98. The van der Waals surface area contributed by atoms with Crippen molar-refractivity contribution >= 4 is 12.1 Å². The fraction of sp³-hybridized carbons (Fsp3) is 0.250. The van der Waals surface area contributed by atoms with Crippen molar-refractivity contribution in [3.8, 4) is 0 Å². The van der Waals surface area contributed by atoms with Crippen LogP contribution in [0.1, 0.15) is 0 Å². The molecule has 0 atom stereocenters. The summed E-state index contributed by atoms with van der Waals surface area (Å²) in [6.07, 6.45) is 1.02. The van der Waals surface area contributed by atoms with E-state index in [-0.39, 0.29) is 5.84 Å². The van der Waals surface area contributed by atoms with Crippen LogP contribution in [0.15, 0.2) is 29.4 Å². The largest absolute Gasteiger partial charge is 0.383 e. The Balaban J connectivity index is 4.26. The molecule has 0 spiro atoms. The number of nitrogens with two attached hydrogens (primary N) is 1. The molecule has 0 saturated heterocycles. The van der Waals surface area contributed by atoms with Gasteiger partial charge in [0.05, 0.1) is 12.3 Å². The van der Waals surface area contributed by atoms with Crippen LogP contribution in [0.3, 0.4) is 0 Å². The van der Waals surface area contributed by atoms with Crippen LogP contribution >= 0.6 is 0 Å². The Morgan fingerprint density at radius 2 is 2.25 bits per heavy atom. The number of nitrogens with zero attached hydrogens (tertiary/aromatic N) is 1. The molecular formula is C8H13N3O. The molecule has 0 aliphatic rings. The minimum Gasteiger partial charge on any atom is -0.383 e. The molecule has 0 aromatic rings. The summed E-state index contributed by atoms with van der Waals surface area (Å²) >= 11 is 0. The second kappa shape index (κ2) is 5.26. The normalized spacial score (nSPS) is 10.9. The van der Waals surface area contributed by atoms with Crippen LogP contribution in [0.5, 0.6) is 0 Å². The fourth-order valence-corrected chi connectivity index (χ4v) is 0.514. The van der Waals surface area contributed by atoms with Crippen LogP contribution in [-0.2, 0) is 4.74 Å². The van der Waals surface area contributed by atoms with Crippen LogP contribution in [-0.4, -0.2) is 25.8 Å². The van der Waals surface area contributed by atoms with Gasteiger partial charge in [0.15, 0.2) is 0 Å². The maximum Gasteiger partial charge on any atom is 0.129 e. The number of allylic oxidation sites excluding steroid dienone is 1. The maximum atomic E-state index is 6.80. The first-order valence-electron chi connectivity index (χ1n) is 3.32. The molecule has 0 aliphatic carbocycles. The van der Waals surface area contributed by atoms with Gasteiger partial charge in [-0.1, -0.05) is 13.2 Å². The van der Waals surface area contributed by atoms with Crippen molar-refractivity contribution in [3.05, 3.63) is 24.4 Å². The molecule has 0 aromatic heterocycles. The molecule has 0 bridgehead atoms. The fourth-order valence-electron chi connectivity index (χ4n) is 0.514. The smallest absolute Gasteiger partial charge is 0.129 e. The van der Waals surface area contributed by atoms with Crippen LogP contribution in [0, 0.1) is 5.41 Å². The maximum absolute atomic E-state index is 6.80. The third kappa shape index (κ3) is 3.68.